The van der Waals surface area contributed by atoms with E-state index < -0.39 is 16.9 Å². The van der Waals surface area contributed by atoms with Crippen LogP contribution in [0.5, 0.6) is 5.75 Å². The standard InChI is InChI=1S/C18H22O4/c1-17(2)14(12-6-8-13(21-3)9-7-12)22-16(20)18(15(17)19)10-4-5-11-18/h6-9,14H,4-5,10-11H2,1-3H3/t14-/m0/s1. The highest BCUT2D eigenvalue weighted by Crippen LogP contribution is 2.53. The lowest BCUT2D eigenvalue weighted by atomic mass is 9.64. The third kappa shape index (κ3) is 2.04. The lowest BCUT2D eigenvalue weighted by Crippen LogP contribution is -2.53. The molecule has 0 unspecified atom stereocenters. The van der Waals surface area contributed by atoms with Gasteiger partial charge in [-0.2, -0.15) is 0 Å². The van der Waals surface area contributed by atoms with E-state index in [2.05, 4.69) is 0 Å². The molecule has 1 saturated carbocycles. The first kappa shape index (κ1) is 15.1. The predicted molar refractivity (Wildman–Crippen MR) is 81.5 cm³/mol. The summed E-state index contributed by atoms with van der Waals surface area (Å²) in [6.07, 6.45) is 2.56. The van der Waals surface area contributed by atoms with Gasteiger partial charge in [-0.1, -0.05) is 25.0 Å². The van der Waals surface area contributed by atoms with Crippen LogP contribution in [-0.2, 0) is 14.3 Å². The van der Waals surface area contributed by atoms with Crippen molar-refractivity contribution in [2.45, 2.75) is 45.6 Å². The van der Waals surface area contributed by atoms with Crippen molar-refractivity contribution in [3.8, 4) is 5.75 Å². The van der Waals surface area contributed by atoms with Crippen molar-refractivity contribution in [1.29, 1.82) is 0 Å². The molecule has 3 rings (SSSR count). The van der Waals surface area contributed by atoms with E-state index in [-0.39, 0.29) is 11.8 Å². The van der Waals surface area contributed by atoms with Gasteiger partial charge >= 0.3 is 5.97 Å². The van der Waals surface area contributed by atoms with Crippen molar-refractivity contribution in [3.05, 3.63) is 29.8 Å². The van der Waals surface area contributed by atoms with Crippen molar-refractivity contribution in [2.24, 2.45) is 10.8 Å². The fourth-order valence-electron chi connectivity index (χ4n) is 3.87. The molecule has 1 atom stereocenters. The van der Waals surface area contributed by atoms with Gasteiger partial charge in [0.1, 0.15) is 17.3 Å². The third-order valence-corrected chi connectivity index (χ3v) is 5.17. The summed E-state index contributed by atoms with van der Waals surface area (Å²) in [6, 6.07) is 7.37. The lowest BCUT2D eigenvalue weighted by molar-refractivity contribution is -0.189. The fraction of sp³-hybridized carbons (Fsp3) is 0.556. The van der Waals surface area contributed by atoms with Gasteiger partial charge in [0.05, 0.1) is 12.5 Å². The number of benzene rings is 1. The number of rotatable bonds is 2. The van der Waals surface area contributed by atoms with Gasteiger partial charge in [-0.3, -0.25) is 9.59 Å². The van der Waals surface area contributed by atoms with E-state index >= 15 is 0 Å². The molecule has 1 spiro atoms. The first-order chi connectivity index (χ1) is 10.4. The molecule has 2 aliphatic rings. The molecule has 0 radical (unpaired) electrons. The molecule has 1 saturated heterocycles. The zero-order valence-corrected chi connectivity index (χ0v) is 13.3. The third-order valence-electron chi connectivity index (χ3n) is 5.17. The fourth-order valence-corrected chi connectivity index (χ4v) is 3.87. The van der Waals surface area contributed by atoms with Crippen molar-refractivity contribution >= 4 is 11.8 Å². The number of ether oxygens (including phenoxy) is 2. The first-order valence-corrected chi connectivity index (χ1v) is 7.82. The second kappa shape index (κ2) is 5.11. The van der Waals surface area contributed by atoms with Gasteiger partial charge in [0.25, 0.3) is 0 Å². The zero-order chi connectivity index (χ0) is 16.0. The molecule has 1 aromatic carbocycles. The molecule has 118 valence electrons. The van der Waals surface area contributed by atoms with E-state index in [1.165, 1.54) is 0 Å². The Labute approximate surface area is 130 Å². The molecule has 4 heteroatoms. The normalized spacial score (nSPS) is 26.0. The van der Waals surface area contributed by atoms with Gasteiger partial charge < -0.3 is 9.47 Å². The minimum Gasteiger partial charge on any atom is -0.497 e. The Bertz CT molecular complexity index is 594. The Morgan fingerprint density at radius 1 is 1.09 bits per heavy atom. The molecule has 0 N–H and O–H groups in total. The highest BCUT2D eigenvalue weighted by Gasteiger charge is 2.60. The topological polar surface area (TPSA) is 52.6 Å². The van der Waals surface area contributed by atoms with Gasteiger partial charge in [-0.15, -0.1) is 0 Å². The molecule has 22 heavy (non-hydrogen) atoms. The summed E-state index contributed by atoms with van der Waals surface area (Å²) in [5.41, 5.74) is -0.778. The number of esters is 1. The van der Waals surface area contributed by atoms with E-state index in [1.54, 1.807) is 7.11 Å². The number of hydrogen-bond donors (Lipinski definition) is 0. The highest BCUT2D eigenvalue weighted by molar-refractivity contribution is 6.08. The van der Waals surface area contributed by atoms with E-state index in [4.69, 9.17) is 9.47 Å². The van der Waals surface area contributed by atoms with Crippen molar-refractivity contribution in [1.82, 2.24) is 0 Å². The number of carbonyl (C=O) groups excluding carboxylic acids is 2. The number of hydrogen-bond acceptors (Lipinski definition) is 4. The molecule has 1 aliphatic carbocycles. The number of ketones is 1. The molecule has 0 amide bonds. The second-order valence-corrected chi connectivity index (χ2v) is 6.90. The summed E-state index contributed by atoms with van der Waals surface area (Å²) in [6.45, 7) is 3.77. The summed E-state index contributed by atoms with van der Waals surface area (Å²) in [7, 11) is 1.60. The van der Waals surface area contributed by atoms with Crippen LogP contribution in [0.15, 0.2) is 24.3 Å². The SMILES string of the molecule is COc1ccc([C@@H]2OC(=O)C3(CCCC3)C(=O)C2(C)C)cc1. The minimum atomic E-state index is -0.896. The molecule has 1 heterocycles. The zero-order valence-electron chi connectivity index (χ0n) is 13.3. The van der Waals surface area contributed by atoms with Gasteiger partial charge in [0.2, 0.25) is 0 Å². The average Bonchev–Trinajstić information content (AvgIpc) is 3.01. The van der Waals surface area contributed by atoms with Crippen LogP contribution in [0.25, 0.3) is 0 Å². The Balaban J connectivity index is 1.96. The largest absolute Gasteiger partial charge is 0.497 e. The maximum atomic E-state index is 13.1. The van der Waals surface area contributed by atoms with Crippen LogP contribution in [-0.4, -0.2) is 18.9 Å². The van der Waals surface area contributed by atoms with Crippen LogP contribution >= 0.6 is 0 Å². The average molecular weight is 302 g/mol. The molecule has 4 nitrogen and oxygen atoms in total. The predicted octanol–water partition coefficient (Wildman–Crippen LogP) is 3.45. The first-order valence-electron chi connectivity index (χ1n) is 7.82. The van der Waals surface area contributed by atoms with Gasteiger partial charge in [-0.25, -0.2) is 0 Å². The van der Waals surface area contributed by atoms with E-state index in [1.807, 2.05) is 38.1 Å². The maximum absolute atomic E-state index is 13.1. The van der Waals surface area contributed by atoms with Gasteiger partial charge in [-0.05, 0) is 44.4 Å². The summed E-state index contributed by atoms with van der Waals surface area (Å²) in [5, 5.41) is 0. The highest BCUT2D eigenvalue weighted by atomic mass is 16.5. The molecule has 0 bridgehead atoms. The quantitative estimate of drug-likeness (QED) is 0.620. The van der Waals surface area contributed by atoms with Gasteiger partial charge in [0, 0.05) is 0 Å². The number of carbonyl (C=O) groups is 2. The van der Waals surface area contributed by atoms with Crippen LogP contribution in [0.3, 0.4) is 0 Å². The van der Waals surface area contributed by atoms with Crippen LogP contribution in [0.4, 0.5) is 0 Å². The number of Topliss-reactive ketones (excluding diaryl/α,β-unsaturated/α-hetero) is 1. The van der Waals surface area contributed by atoms with E-state index in [0.717, 1.165) is 24.2 Å². The molecular formula is C18H22O4. The van der Waals surface area contributed by atoms with Crippen LogP contribution in [0.2, 0.25) is 0 Å². The van der Waals surface area contributed by atoms with E-state index in [0.29, 0.717) is 12.8 Å². The lowest BCUT2D eigenvalue weighted by Gasteiger charge is -2.44. The van der Waals surface area contributed by atoms with Crippen LogP contribution < -0.4 is 4.74 Å². The van der Waals surface area contributed by atoms with Crippen LogP contribution in [0, 0.1) is 10.8 Å². The Hall–Kier alpha value is -1.84. The number of methoxy groups -OCH3 is 1. The Morgan fingerprint density at radius 3 is 2.23 bits per heavy atom. The number of cyclic esters (lactones) is 1. The monoisotopic (exact) mass is 302 g/mol. The summed E-state index contributed by atoms with van der Waals surface area (Å²) in [4.78, 5) is 25.6. The van der Waals surface area contributed by atoms with Crippen molar-refractivity contribution in [3.63, 3.8) is 0 Å². The van der Waals surface area contributed by atoms with Crippen molar-refractivity contribution < 1.29 is 19.1 Å². The van der Waals surface area contributed by atoms with Crippen molar-refractivity contribution in [2.75, 3.05) is 7.11 Å². The molecular weight excluding hydrogens is 280 g/mol. The summed E-state index contributed by atoms with van der Waals surface area (Å²) >= 11 is 0. The van der Waals surface area contributed by atoms with Gasteiger partial charge in [0.15, 0.2) is 5.78 Å². The van der Waals surface area contributed by atoms with E-state index in [9.17, 15) is 9.59 Å². The summed E-state index contributed by atoms with van der Waals surface area (Å²) < 4.78 is 10.9. The maximum Gasteiger partial charge on any atom is 0.320 e. The molecule has 2 fully saturated rings. The smallest absolute Gasteiger partial charge is 0.320 e. The second-order valence-electron chi connectivity index (χ2n) is 6.90. The molecule has 1 aliphatic heterocycles. The Kier molecular flexibility index (Phi) is 3.50. The van der Waals surface area contributed by atoms with Crippen LogP contribution in [0.1, 0.15) is 51.2 Å². The molecule has 1 aromatic rings. The molecule has 0 aromatic heterocycles. The summed E-state index contributed by atoms with van der Waals surface area (Å²) in [5.74, 6) is 0.437. The minimum absolute atomic E-state index is 0.0366. The Morgan fingerprint density at radius 2 is 1.68 bits per heavy atom.